The SMILES string of the molecule is O=C(c1cc2cc([N+](=O)[O-])ccc2s1)N1CCC[C@@H]1c1ccc2c(c1)OCCO2. The lowest BCUT2D eigenvalue weighted by Gasteiger charge is -2.26. The minimum Gasteiger partial charge on any atom is -0.486 e. The molecule has 148 valence electrons. The van der Waals surface area contributed by atoms with E-state index in [0.717, 1.165) is 40.0 Å². The van der Waals surface area contributed by atoms with E-state index in [2.05, 4.69) is 0 Å². The summed E-state index contributed by atoms with van der Waals surface area (Å²) in [5.74, 6) is 1.43. The molecule has 0 radical (unpaired) electrons. The van der Waals surface area contributed by atoms with Crippen LogP contribution in [0, 0.1) is 10.1 Å². The highest BCUT2D eigenvalue weighted by atomic mass is 32.1. The molecule has 0 spiro atoms. The van der Waals surface area contributed by atoms with E-state index in [1.165, 1.54) is 23.5 Å². The zero-order valence-corrected chi connectivity index (χ0v) is 16.3. The Labute approximate surface area is 170 Å². The van der Waals surface area contributed by atoms with E-state index in [1.807, 2.05) is 23.1 Å². The average molecular weight is 410 g/mol. The van der Waals surface area contributed by atoms with Crippen LogP contribution in [0.3, 0.4) is 0 Å². The number of hydrogen-bond donors (Lipinski definition) is 0. The Hall–Kier alpha value is -3.13. The molecule has 1 fully saturated rings. The first kappa shape index (κ1) is 17.9. The Morgan fingerprint density at radius 2 is 1.93 bits per heavy atom. The number of rotatable bonds is 3. The maximum absolute atomic E-state index is 13.3. The van der Waals surface area contributed by atoms with Gasteiger partial charge in [-0.15, -0.1) is 11.3 Å². The molecule has 1 amide bonds. The van der Waals surface area contributed by atoms with Crippen molar-refractivity contribution >= 4 is 33.0 Å². The summed E-state index contributed by atoms with van der Waals surface area (Å²) in [6.07, 6.45) is 1.82. The average Bonchev–Trinajstić information content (AvgIpc) is 3.39. The van der Waals surface area contributed by atoms with Crippen LogP contribution in [0.1, 0.15) is 34.1 Å². The molecule has 2 aliphatic rings. The van der Waals surface area contributed by atoms with Crippen LogP contribution in [0.25, 0.3) is 10.1 Å². The summed E-state index contributed by atoms with van der Waals surface area (Å²) in [6.45, 7) is 1.76. The molecule has 1 saturated heterocycles. The summed E-state index contributed by atoms with van der Waals surface area (Å²) >= 11 is 1.37. The smallest absolute Gasteiger partial charge is 0.270 e. The van der Waals surface area contributed by atoms with Gasteiger partial charge in [-0.1, -0.05) is 6.07 Å². The van der Waals surface area contributed by atoms with Crippen molar-refractivity contribution < 1.29 is 19.2 Å². The number of likely N-dealkylation sites (tertiary alicyclic amines) is 1. The normalized spacial score (nSPS) is 18.2. The molecular formula is C21H18N2O5S. The van der Waals surface area contributed by atoms with E-state index in [0.29, 0.717) is 24.6 Å². The van der Waals surface area contributed by atoms with Crippen molar-refractivity contribution in [2.24, 2.45) is 0 Å². The Bertz CT molecular complexity index is 1130. The van der Waals surface area contributed by atoms with Crippen LogP contribution in [0.5, 0.6) is 11.5 Å². The van der Waals surface area contributed by atoms with Crippen molar-refractivity contribution in [3.63, 3.8) is 0 Å². The largest absolute Gasteiger partial charge is 0.486 e. The number of nitro benzene ring substituents is 1. The van der Waals surface area contributed by atoms with E-state index < -0.39 is 4.92 Å². The van der Waals surface area contributed by atoms with Crippen molar-refractivity contribution in [3.05, 3.63) is 63.0 Å². The van der Waals surface area contributed by atoms with Gasteiger partial charge in [0.25, 0.3) is 11.6 Å². The number of thiophene rings is 1. The van der Waals surface area contributed by atoms with Crippen LogP contribution in [-0.2, 0) is 0 Å². The summed E-state index contributed by atoms with van der Waals surface area (Å²) < 4.78 is 12.2. The number of carbonyl (C=O) groups is 1. The number of carbonyl (C=O) groups excluding carboxylic acids is 1. The second-order valence-corrected chi connectivity index (χ2v) is 8.23. The van der Waals surface area contributed by atoms with Gasteiger partial charge in [-0.05, 0) is 42.7 Å². The number of hydrogen-bond acceptors (Lipinski definition) is 6. The van der Waals surface area contributed by atoms with Gasteiger partial charge in [0.15, 0.2) is 11.5 Å². The Kier molecular flexibility index (Phi) is 4.35. The molecule has 2 aromatic carbocycles. The lowest BCUT2D eigenvalue weighted by atomic mass is 10.0. The fourth-order valence-corrected chi connectivity index (χ4v) is 5.01. The molecule has 0 aliphatic carbocycles. The monoisotopic (exact) mass is 410 g/mol. The predicted octanol–water partition coefficient (Wildman–Crippen LogP) is 4.56. The van der Waals surface area contributed by atoms with Gasteiger partial charge < -0.3 is 14.4 Å². The van der Waals surface area contributed by atoms with E-state index in [-0.39, 0.29) is 17.6 Å². The van der Waals surface area contributed by atoms with Crippen LogP contribution < -0.4 is 9.47 Å². The highest BCUT2D eigenvalue weighted by Gasteiger charge is 2.32. The van der Waals surface area contributed by atoms with Crippen molar-refractivity contribution in [1.29, 1.82) is 0 Å². The van der Waals surface area contributed by atoms with Gasteiger partial charge >= 0.3 is 0 Å². The van der Waals surface area contributed by atoms with Crippen LogP contribution in [0.15, 0.2) is 42.5 Å². The first-order valence-electron chi connectivity index (χ1n) is 9.49. The van der Waals surface area contributed by atoms with Gasteiger partial charge in [0.1, 0.15) is 13.2 Å². The van der Waals surface area contributed by atoms with Crippen LogP contribution in [0.4, 0.5) is 5.69 Å². The Morgan fingerprint density at radius 3 is 2.76 bits per heavy atom. The maximum atomic E-state index is 13.3. The van der Waals surface area contributed by atoms with Crippen molar-refractivity contribution in [2.75, 3.05) is 19.8 Å². The number of fused-ring (bicyclic) bond motifs is 2. The molecule has 7 nitrogen and oxygen atoms in total. The number of amides is 1. The van der Waals surface area contributed by atoms with Gasteiger partial charge in [-0.2, -0.15) is 0 Å². The van der Waals surface area contributed by atoms with Crippen LogP contribution >= 0.6 is 11.3 Å². The van der Waals surface area contributed by atoms with Crippen molar-refractivity contribution in [2.45, 2.75) is 18.9 Å². The fraction of sp³-hybridized carbons (Fsp3) is 0.286. The first-order valence-corrected chi connectivity index (χ1v) is 10.3. The van der Waals surface area contributed by atoms with Crippen molar-refractivity contribution in [1.82, 2.24) is 4.90 Å². The molecular weight excluding hydrogens is 392 g/mol. The zero-order valence-electron chi connectivity index (χ0n) is 15.5. The molecule has 2 aliphatic heterocycles. The highest BCUT2D eigenvalue weighted by Crippen LogP contribution is 2.39. The van der Waals surface area contributed by atoms with Crippen molar-refractivity contribution in [3.8, 4) is 11.5 Å². The maximum Gasteiger partial charge on any atom is 0.270 e. The number of nitrogens with zero attached hydrogens (tertiary/aromatic N) is 2. The summed E-state index contributed by atoms with van der Waals surface area (Å²) in [5.41, 5.74) is 1.07. The number of benzene rings is 2. The quantitative estimate of drug-likeness (QED) is 0.467. The van der Waals surface area contributed by atoms with Gasteiger partial charge in [0, 0.05) is 28.8 Å². The van der Waals surface area contributed by atoms with Gasteiger partial charge in [0.05, 0.1) is 15.8 Å². The van der Waals surface area contributed by atoms with Crippen LogP contribution in [0.2, 0.25) is 0 Å². The predicted molar refractivity (Wildman–Crippen MR) is 109 cm³/mol. The topological polar surface area (TPSA) is 81.9 Å². The standard InChI is InChI=1S/C21H18N2O5S/c24-21(20-12-14-10-15(23(25)26)4-6-19(14)29-20)22-7-1-2-16(22)13-3-5-17-18(11-13)28-9-8-27-17/h3-6,10-12,16H,1-2,7-9H2/t16-/m1/s1. The fourth-order valence-electron chi connectivity index (χ4n) is 4.01. The van der Waals surface area contributed by atoms with E-state index in [1.54, 1.807) is 12.1 Å². The molecule has 0 saturated carbocycles. The molecule has 0 unspecified atom stereocenters. The van der Waals surface area contributed by atoms with E-state index in [4.69, 9.17) is 9.47 Å². The third-order valence-electron chi connectivity index (χ3n) is 5.39. The number of ether oxygens (including phenoxy) is 2. The van der Waals surface area contributed by atoms with Gasteiger partial charge in [-0.3, -0.25) is 14.9 Å². The molecule has 3 heterocycles. The van der Waals surface area contributed by atoms with Gasteiger partial charge in [-0.25, -0.2) is 0 Å². The zero-order chi connectivity index (χ0) is 20.0. The minimum absolute atomic E-state index is 0.0159. The van der Waals surface area contributed by atoms with Gasteiger partial charge in [0.2, 0.25) is 0 Å². The molecule has 0 bridgehead atoms. The molecule has 8 heteroatoms. The molecule has 3 aromatic rings. The summed E-state index contributed by atoms with van der Waals surface area (Å²) in [4.78, 5) is 26.3. The summed E-state index contributed by atoms with van der Waals surface area (Å²) in [7, 11) is 0. The second kappa shape index (κ2) is 7.04. The number of nitro groups is 1. The molecule has 1 aromatic heterocycles. The van der Waals surface area contributed by atoms with E-state index in [9.17, 15) is 14.9 Å². The lowest BCUT2D eigenvalue weighted by molar-refractivity contribution is -0.384. The first-order chi connectivity index (χ1) is 14.1. The second-order valence-electron chi connectivity index (χ2n) is 7.15. The summed E-state index contributed by atoms with van der Waals surface area (Å²) in [5, 5.41) is 11.7. The molecule has 29 heavy (non-hydrogen) atoms. The lowest BCUT2D eigenvalue weighted by Crippen LogP contribution is -2.30. The number of non-ortho nitro benzene ring substituents is 1. The molecule has 0 N–H and O–H groups in total. The Balaban J connectivity index is 1.44. The van der Waals surface area contributed by atoms with Crippen LogP contribution in [-0.4, -0.2) is 35.5 Å². The molecule has 5 rings (SSSR count). The molecule has 1 atom stereocenters. The summed E-state index contributed by atoms with van der Waals surface area (Å²) in [6, 6.07) is 12.3. The highest BCUT2D eigenvalue weighted by molar-refractivity contribution is 7.20. The third kappa shape index (κ3) is 3.19. The Morgan fingerprint density at radius 1 is 1.10 bits per heavy atom. The van der Waals surface area contributed by atoms with E-state index >= 15 is 0 Å². The third-order valence-corrected chi connectivity index (χ3v) is 6.49. The minimum atomic E-state index is -0.420.